The second-order valence-electron chi connectivity index (χ2n) is 3.88. The van der Waals surface area contributed by atoms with E-state index in [2.05, 4.69) is 26.0 Å². The van der Waals surface area contributed by atoms with Gasteiger partial charge in [-0.1, -0.05) is 15.9 Å². The lowest BCUT2D eigenvalue weighted by Crippen LogP contribution is -2.19. The number of benzene rings is 1. The lowest BCUT2D eigenvalue weighted by molar-refractivity contribution is -0.325. The van der Waals surface area contributed by atoms with Gasteiger partial charge in [-0.25, -0.2) is 0 Å². The van der Waals surface area contributed by atoms with Crippen molar-refractivity contribution < 1.29 is 22.6 Å². The second-order valence-corrected chi connectivity index (χ2v) is 4.80. The minimum atomic E-state index is -4.62. The Hall–Kier alpha value is -0.790. The Balaban J connectivity index is 2.66. The molecule has 1 aromatic carbocycles. The van der Waals surface area contributed by atoms with Gasteiger partial charge in [0.25, 0.3) is 0 Å². The number of rotatable bonds is 6. The number of hydrogen-bond donors (Lipinski definition) is 1. The van der Waals surface area contributed by atoms with E-state index < -0.39 is 13.0 Å². The van der Waals surface area contributed by atoms with E-state index in [1.807, 2.05) is 19.1 Å². The highest BCUT2D eigenvalue weighted by Gasteiger charge is 2.28. The van der Waals surface area contributed by atoms with Crippen LogP contribution in [0, 0.1) is 6.92 Å². The molecule has 0 radical (unpaired) electrons. The minimum absolute atomic E-state index is 0.154. The molecule has 7 heteroatoms. The Morgan fingerprint density at radius 1 is 1.26 bits per heavy atom. The Labute approximate surface area is 118 Å². The van der Waals surface area contributed by atoms with Gasteiger partial charge in [-0.3, -0.25) is 4.74 Å². The first kappa shape index (κ1) is 16.3. The molecule has 0 saturated carbocycles. The van der Waals surface area contributed by atoms with Crippen LogP contribution in [0.2, 0.25) is 0 Å². The molecule has 0 aliphatic carbocycles. The van der Waals surface area contributed by atoms with E-state index in [-0.39, 0.29) is 6.61 Å². The second kappa shape index (κ2) is 7.12. The standard InChI is InChI=1S/C12H15BrF3NO2/c1-8-5-10(13)6-9(7-17-2)11(8)18-3-4-19-12(14,15)16/h5-6,17H,3-4,7H2,1-2H3. The molecule has 0 amide bonds. The van der Waals surface area contributed by atoms with Gasteiger partial charge in [0, 0.05) is 16.6 Å². The normalized spacial score (nSPS) is 11.7. The zero-order chi connectivity index (χ0) is 14.5. The van der Waals surface area contributed by atoms with Crippen LogP contribution in [0.1, 0.15) is 11.1 Å². The third kappa shape index (κ3) is 5.80. The summed E-state index contributed by atoms with van der Waals surface area (Å²) in [6.07, 6.45) is -4.62. The molecule has 0 unspecified atom stereocenters. The van der Waals surface area contributed by atoms with Crippen molar-refractivity contribution in [2.24, 2.45) is 0 Å². The maximum absolute atomic E-state index is 11.8. The molecule has 0 spiro atoms. The molecule has 0 saturated heterocycles. The van der Waals surface area contributed by atoms with Crippen molar-refractivity contribution in [1.82, 2.24) is 5.32 Å². The van der Waals surface area contributed by atoms with Crippen molar-refractivity contribution in [2.75, 3.05) is 20.3 Å². The molecule has 0 fully saturated rings. The van der Waals surface area contributed by atoms with E-state index >= 15 is 0 Å². The van der Waals surface area contributed by atoms with E-state index in [0.29, 0.717) is 12.3 Å². The van der Waals surface area contributed by atoms with Gasteiger partial charge >= 0.3 is 6.36 Å². The minimum Gasteiger partial charge on any atom is -0.491 e. The van der Waals surface area contributed by atoms with E-state index in [1.165, 1.54) is 0 Å². The first-order chi connectivity index (χ1) is 8.83. The predicted octanol–water partition coefficient (Wildman–Crippen LogP) is 3.39. The number of nitrogens with one attached hydrogen (secondary N) is 1. The summed E-state index contributed by atoms with van der Waals surface area (Å²) < 4.78 is 45.4. The summed E-state index contributed by atoms with van der Waals surface area (Å²) in [7, 11) is 1.78. The highest BCUT2D eigenvalue weighted by atomic mass is 79.9. The Morgan fingerprint density at radius 2 is 1.95 bits per heavy atom. The lowest BCUT2D eigenvalue weighted by atomic mass is 10.1. The molecule has 0 atom stereocenters. The Kier molecular flexibility index (Phi) is 6.09. The number of hydrogen-bond acceptors (Lipinski definition) is 3. The lowest BCUT2D eigenvalue weighted by Gasteiger charge is -2.15. The van der Waals surface area contributed by atoms with Crippen LogP contribution in [0.25, 0.3) is 0 Å². The molecular formula is C12H15BrF3NO2. The first-order valence-corrected chi connectivity index (χ1v) is 6.40. The molecule has 1 aromatic rings. The molecule has 1 rings (SSSR count). The monoisotopic (exact) mass is 341 g/mol. The van der Waals surface area contributed by atoms with Crippen LogP contribution in [-0.4, -0.2) is 26.6 Å². The summed E-state index contributed by atoms with van der Waals surface area (Å²) in [5, 5.41) is 2.98. The fraction of sp³-hybridized carbons (Fsp3) is 0.500. The molecule has 1 N–H and O–H groups in total. The summed E-state index contributed by atoms with van der Waals surface area (Å²) in [5.74, 6) is 0.586. The van der Waals surface area contributed by atoms with Crippen LogP contribution in [0.5, 0.6) is 5.75 Å². The summed E-state index contributed by atoms with van der Waals surface area (Å²) in [4.78, 5) is 0. The number of ether oxygens (including phenoxy) is 2. The molecule has 3 nitrogen and oxygen atoms in total. The fourth-order valence-corrected chi connectivity index (χ4v) is 2.25. The first-order valence-electron chi connectivity index (χ1n) is 5.60. The molecular weight excluding hydrogens is 327 g/mol. The summed E-state index contributed by atoms with van der Waals surface area (Å²) >= 11 is 3.37. The predicted molar refractivity (Wildman–Crippen MR) is 69.1 cm³/mol. The van der Waals surface area contributed by atoms with E-state index in [0.717, 1.165) is 15.6 Å². The third-order valence-corrected chi connectivity index (χ3v) is 2.74. The molecule has 108 valence electrons. The van der Waals surface area contributed by atoms with Crippen LogP contribution >= 0.6 is 15.9 Å². The van der Waals surface area contributed by atoms with Gasteiger partial charge in [-0.05, 0) is 31.7 Å². The number of alkyl halides is 3. The highest BCUT2D eigenvalue weighted by molar-refractivity contribution is 9.10. The number of aryl methyl sites for hydroxylation is 1. The van der Waals surface area contributed by atoms with Crippen LogP contribution in [0.3, 0.4) is 0 Å². The smallest absolute Gasteiger partial charge is 0.491 e. The van der Waals surface area contributed by atoms with Gasteiger partial charge in [-0.15, -0.1) is 13.2 Å². The van der Waals surface area contributed by atoms with E-state index in [1.54, 1.807) is 7.05 Å². The molecule has 19 heavy (non-hydrogen) atoms. The molecule has 0 heterocycles. The van der Waals surface area contributed by atoms with Crippen LogP contribution in [0.4, 0.5) is 13.2 Å². The topological polar surface area (TPSA) is 30.5 Å². The van der Waals surface area contributed by atoms with Gasteiger partial charge in [0.1, 0.15) is 12.4 Å². The third-order valence-electron chi connectivity index (χ3n) is 2.28. The van der Waals surface area contributed by atoms with Crippen LogP contribution in [0.15, 0.2) is 16.6 Å². The quantitative estimate of drug-likeness (QED) is 0.804. The average Bonchev–Trinajstić information content (AvgIpc) is 2.25. The maximum Gasteiger partial charge on any atom is 0.522 e. The summed E-state index contributed by atoms with van der Waals surface area (Å²) in [5.41, 5.74) is 1.73. The van der Waals surface area contributed by atoms with Crippen molar-refractivity contribution in [3.63, 3.8) is 0 Å². The van der Waals surface area contributed by atoms with E-state index in [4.69, 9.17) is 4.74 Å². The van der Waals surface area contributed by atoms with Crippen molar-refractivity contribution >= 4 is 15.9 Å². The molecule has 0 aliphatic rings. The van der Waals surface area contributed by atoms with Crippen molar-refractivity contribution in [1.29, 1.82) is 0 Å². The van der Waals surface area contributed by atoms with Crippen molar-refractivity contribution in [3.05, 3.63) is 27.7 Å². The van der Waals surface area contributed by atoms with Gasteiger partial charge in [0.05, 0.1) is 6.61 Å². The average molecular weight is 342 g/mol. The van der Waals surface area contributed by atoms with Crippen LogP contribution < -0.4 is 10.1 Å². The largest absolute Gasteiger partial charge is 0.522 e. The summed E-state index contributed by atoms with van der Waals surface area (Å²) in [6, 6.07) is 3.71. The van der Waals surface area contributed by atoms with Gasteiger partial charge in [0.15, 0.2) is 0 Å². The zero-order valence-corrected chi connectivity index (χ0v) is 12.2. The zero-order valence-electron chi connectivity index (χ0n) is 10.6. The van der Waals surface area contributed by atoms with Crippen LogP contribution in [-0.2, 0) is 11.3 Å². The Morgan fingerprint density at radius 3 is 2.53 bits per heavy atom. The Bertz CT molecular complexity index is 424. The maximum atomic E-state index is 11.8. The van der Waals surface area contributed by atoms with Gasteiger partial charge < -0.3 is 10.1 Å². The summed E-state index contributed by atoms with van der Waals surface area (Å²) in [6.45, 7) is 1.72. The fourth-order valence-electron chi connectivity index (χ4n) is 1.63. The van der Waals surface area contributed by atoms with Crippen molar-refractivity contribution in [2.45, 2.75) is 19.8 Å². The van der Waals surface area contributed by atoms with Gasteiger partial charge in [0.2, 0.25) is 0 Å². The van der Waals surface area contributed by atoms with E-state index in [9.17, 15) is 13.2 Å². The van der Waals surface area contributed by atoms with Crippen molar-refractivity contribution in [3.8, 4) is 5.75 Å². The highest BCUT2D eigenvalue weighted by Crippen LogP contribution is 2.28. The molecule has 0 bridgehead atoms. The van der Waals surface area contributed by atoms with Gasteiger partial charge in [-0.2, -0.15) is 0 Å². The molecule has 0 aromatic heterocycles. The molecule has 0 aliphatic heterocycles. The SMILES string of the molecule is CNCc1cc(Br)cc(C)c1OCCOC(F)(F)F. The number of halogens is 4.